The van der Waals surface area contributed by atoms with Crippen molar-refractivity contribution in [1.29, 1.82) is 0 Å². The number of hydrogen-bond donors (Lipinski definition) is 0. The Morgan fingerprint density at radius 2 is 2.07 bits per heavy atom. The second-order valence-corrected chi connectivity index (χ2v) is 8.02. The molecule has 1 aliphatic rings. The molecule has 4 rings (SSSR count). The van der Waals surface area contributed by atoms with Gasteiger partial charge in [0.2, 0.25) is 5.91 Å². The average Bonchev–Trinajstić information content (AvgIpc) is 3.16. The zero-order valence-electron chi connectivity index (χ0n) is 15.3. The van der Waals surface area contributed by atoms with Crippen molar-refractivity contribution in [1.82, 2.24) is 19.9 Å². The minimum absolute atomic E-state index is 0.0575. The van der Waals surface area contributed by atoms with Gasteiger partial charge in [-0.3, -0.25) is 14.8 Å². The number of amides is 1. The first-order chi connectivity index (χ1) is 13.2. The first-order valence-corrected chi connectivity index (χ1v) is 10.0. The summed E-state index contributed by atoms with van der Waals surface area (Å²) in [5.74, 6) is 0.299. The molecule has 3 heterocycles. The van der Waals surface area contributed by atoms with Crippen LogP contribution in [0.4, 0.5) is 0 Å². The molecule has 3 aromatic heterocycles. The van der Waals surface area contributed by atoms with Crippen molar-refractivity contribution in [3.63, 3.8) is 0 Å². The Morgan fingerprint density at radius 3 is 2.85 bits per heavy atom. The van der Waals surface area contributed by atoms with Gasteiger partial charge in [-0.15, -0.1) is 11.3 Å². The predicted octanol–water partition coefficient (Wildman–Crippen LogP) is 3.41. The molecule has 3 aromatic rings. The van der Waals surface area contributed by atoms with E-state index in [1.807, 2.05) is 42.4 Å². The van der Waals surface area contributed by atoms with Crippen LogP contribution in [0.1, 0.15) is 22.6 Å². The molecule has 0 bridgehead atoms. The Hall–Kier alpha value is -2.60. The normalized spacial score (nSPS) is 16.0. The number of carbonyl (C=O) groups excluding carboxylic acids is 1. The Bertz CT molecular complexity index is 910. The van der Waals surface area contributed by atoms with E-state index in [0.717, 1.165) is 48.5 Å². The van der Waals surface area contributed by atoms with Crippen LogP contribution in [0.3, 0.4) is 0 Å². The van der Waals surface area contributed by atoms with E-state index in [1.165, 1.54) is 10.4 Å². The summed E-state index contributed by atoms with van der Waals surface area (Å²) in [6.07, 6.45) is 10.6. The molecule has 0 radical (unpaired) electrons. The summed E-state index contributed by atoms with van der Waals surface area (Å²) in [6.45, 7) is 0.732. The number of carbonyl (C=O) groups is 1. The van der Waals surface area contributed by atoms with Crippen molar-refractivity contribution in [2.45, 2.75) is 25.7 Å². The van der Waals surface area contributed by atoms with Crippen LogP contribution < -0.4 is 0 Å². The van der Waals surface area contributed by atoms with Crippen LogP contribution >= 0.6 is 11.3 Å². The van der Waals surface area contributed by atoms with E-state index in [0.29, 0.717) is 0 Å². The van der Waals surface area contributed by atoms with E-state index >= 15 is 0 Å². The molecule has 1 aliphatic carbocycles. The van der Waals surface area contributed by atoms with Gasteiger partial charge in [0.1, 0.15) is 5.01 Å². The molecule has 27 heavy (non-hydrogen) atoms. The van der Waals surface area contributed by atoms with Gasteiger partial charge in [0.05, 0.1) is 5.69 Å². The van der Waals surface area contributed by atoms with Gasteiger partial charge in [-0.2, -0.15) is 0 Å². The van der Waals surface area contributed by atoms with E-state index in [9.17, 15) is 4.79 Å². The van der Waals surface area contributed by atoms with Gasteiger partial charge < -0.3 is 4.90 Å². The van der Waals surface area contributed by atoms with E-state index in [1.54, 1.807) is 29.9 Å². The van der Waals surface area contributed by atoms with Gasteiger partial charge in [-0.05, 0) is 55.5 Å². The Kier molecular flexibility index (Phi) is 5.25. The molecule has 0 spiro atoms. The third-order valence-corrected chi connectivity index (χ3v) is 6.23. The fourth-order valence-corrected chi connectivity index (χ4v) is 4.64. The third kappa shape index (κ3) is 4.06. The zero-order valence-corrected chi connectivity index (χ0v) is 16.2. The standard InChI is InChI=1S/C21H22N4OS/c1-25(12-8-15-6-10-22-11-7-15)21(26)16-4-5-18-19(13-16)27-20(24-18)17-3-2-9-23-14-17/h2-3,6-7,9-11,14,16H,4-5,8,12-13H2,1H3. The number of aromatic nitrogens is 3. The molecule has 0 aliphatic heterocycles. The molecule has 5 nitrogen and oxygen atoms in total. The Morgan fingerprint density at radius 1 is 1.22 bits per heavy atom. The third-order valence-electron chi connectivity index (χ3n) is 5.06. The van der Waals surface area contributed by atoms with Gasteiger partial charge in [0.25, 0.3) is 0 Å². The maximum absolute atomic E-state index is 12.9. The van der Waals surface area contributed by atoms with Gasteiger partial charge in [0, 0.05) is 54.7 Å². The molecule has 1 unspecified atom stereocenters. The molecular formula is C21H22N4OS. The number of rotatable bonds is 5. The van der Waals surface area contributed by atoms with Crippen molar-refractivity contribution in [3.8, 4) is 10.6 Å². The number of pyridine rings is 2. The van der Waals surface area contributed by atoms with Crippen LogP contribution in [0.2, 0.25) is 0 Å². The highest BCUT2D eigenvalue weighted by molar-refractivity contribution is 7.15. The van der Waals surface area contributed by atoms with Crippen LogP contribution in [-0.4, -0.2) is 39.4 Å². The number of nitrogens with zero attached hydrogens (tertiary/aromatic N) is 4. The van der Waals surface area contributed by atoms with E-state index in [4.69, 9.17) is 4.98 Å². The number of thiazole rings is 1. The summed E-state index contributed by atoms with van der Waals surface area (Å²) < 4.78 is 0. The van der Waals surface area contributed by atoms with Crippen molar-refractivity contribution >= 4 is 17.2 Å². The molecule has 1 amide bonds. The first-order valence-electron chi connectivity index (χ1n) is 9.23. The van der Waals surface area contributed by atoms with Crippen LogP contribution in [0.25, 0.3) is 10.6 Å². The molecule has 0 N–H and O–H groups in total. The van der Waals surface area contributed by atoms with E-state index < -0.39 is 0 Å². The zero-order chi connectivity index (χ0) is 18.6. The SMILES string of the molecule is CN(CCc1ccncc1)C(=O)C1CCc2nc(-c3cccnc3)sc2C1. The lowest BCUT2D eigenvalue weighted by Crippen LogP contribution is -2.36. The van der Waals surface area contributed by atoms with Crippen molar-refractivity contribution < 1.29 is 4.79 Å². The van der Waals surface area contributed by atoms with Crippen molar-refractivity contribution in [2.24, 2.45) is 5.92 Å². The monoisotopic (exact) mass is 378 g/mol. The number of hydrogen-bond acceptors (Lipinski definition) is 5. The molecule has 138 valence electrons. The topological polar surface area (TPSA) is 59.0 Å². The number of likely N-dealkylation sites (N-methyl/N-ethyl adjacent to an activating group) is 1. The maximum Gasteiger partial charge on any atom is 0.225 e. The summed E-state index contributed by atoms with van der Waals surface area (Å²) in [5.41, 5.74) is 3.41. The van der Waals surface area contributed by atoms with Gasteiger partial charge >= 0.3 is 0 Å². The second-order valence-electron chi connectivity index (χ2n) is 6.94. The highest BCUT2D eigenvalue weighted by Gasteiger charge is 2.29. The van der Waals surface area contributed by atoms with Crippen LogP contribution in [0.15, 0.2) is 49.1 Å². The van der Waals surface area contributed by atoms with Crippen molar-refractivity contribution in [2.75, 3.05) is 13.6 Å². The summed E-state index contributed by atoms with van der Waals surface area (Å²) >= 11 is 1.70. The highest BCUT2D eigenvalue weighted by atomic mass is 32.1. The highest BCUT2D eigenvalue weighted by Crippen LogP contribution is 2.34. The van der Waals surface area contributed by atoms with Crippen LogP contribution in [0, 0.1) is 5.92 Å². The van der Waals surface area contributed by atoms with Crippen molar-refractivity contribution in [3.05, 3.63) is 65.2 Å². The fraction of sp³-hybridized carbons (Fsp3) is 0.333. The minimum Gasteiger partial charge on any atom is -0.345 e. The molecule has 0 fully saturated rings. The average molecular weight is 379 g/mol. The summed E-state index contributed by atoms with van der Waals surface area (Å²) in [6, 6.07) is 7.97. The minimum atomic E-state index is 0.0575. The van der Waals surface area contributed by atoms with Crippen LogP contribution in [-0.2, 0) is 24.1 Å². The lowest BCUT2D eigenvalue weighted by molar-refractivity contribution is -0.134. The quantitative estimate of drug-likeness (QED) is 0.683. The first kappa shape index (κ1) is 17.8. The van der Waals surface area contributed by atoms with Crippen LogP contribution in [0.5, 0.6) is 0 Å². The lowest BCUT2D eigenvalue weighted by Gasteiger charge is -2.26. The molecule has 1 atom stereocenters. The Labute approximate surface area is 163 Å². The molecule has 0 saturated heterocycles. The fourth-order valence-electron chi connectivity index (χ4n) is 3.47. The van der Waals surface area contributed by atoms with E-state index in [-0.39, 0.29) is 11.8 Å². The van der Waals surface area contributed by atoms with E-state index in [2.05, 4.69) is 9.97 Å². The molecule has 6 heteroatoms. The molecule has 0 aromatic carbocycles. The summed E-state index contributed by atoms with van der Waals surface area (Å²) in [4.78, 5) is 29.0. The predicted molar refractivity (Wildman–Crippen MR) is 106 cm³/mol. The number of fused-ring (bicyclic) bond motifs is 1. The Balaban J connectivity index is 1.40. The lowest BCUT2D eigenvalue weighted by atomic mass is 9.90. The molecular weight excluding hydrogens is 356 g/mol. The molecule has 0 saturated carbocycles. The van der Waals surface area contributed by atoms with Gasteiger partial charge in [-0.25, -0.2) is 4.98 Å². The second kappa shape index (κ2) is 7.96. The van der Waals surface area contributed by atoms with Gasteiger partial charge in [0.15, 0.2) is 0 Å². The number of aryl methyl sites for hydroxylation is 1. The van der Waals surface area contributed by atoms with Gasteiger partial charge in [-0.1, -0.05) is 0 Å². The summed E-state index contributed by atoms with van der Waals surface area (Å²) in [7, 11) is 1.91. The largest absolute Gasteiger partial charge is 0.345 e. The summed E-state index contributed by atoms with van der Waals surface area (Å²) in [5, 5.41) is 1.01. The maximum atomic E-state index is 12.9. The smallest absolute Gasteiger partial charge is 0.225 e.